The summed E-state index contributed by atoms with van der Waals surface area (Å²) in [4.78, 5) is 11.9. The van der Waals surface area contributed by atoms with E-state index < -0.39 is 0 Å². The lowest BCUT2D eigenvalue weighted by atomic mass is 9.94. The van der Waals surface area contributed by atoms with E-state index in [1.807, 2.05) is 11.8 Å². The minimum atomic E-state index is 0.329. The predicted molar refractivity (Wildman–Crippen MR) is 59.2 cm³/mol. The highest BCUT2D eigenvalue weighted by Gasteiger charge is 2.26. The molecule has 1 nitrogen and oxygen atoms in total. The van der Waals surface area contributed by atoms with Gasteiger partial charge in [0.1, 0.15) is 5.78 Å². The average molecular weight is 200 g/mol. The predicted octanol–water partition coefficient (Wildman–Crippen LogP) is 3.28. The Morgan fingerprint density at radius 1 is 1.38 bits per heavy atom. The molecule has 1 fully saturated rings. The van der Waals surface area contributed by atoms with Gasteiger partial charge in [-0.25, -0.2) is 0 Å². The standard InChI is InChI=1S/C11H20OS/c1-3-9(4-2)11(12)10-7-5-6-8-13-10/h9-10H,3-8H2,1-2H3. The molecule has 1 rings (SSSR count). The molecule has 13 heavy (non-hydrogen) atoms. The molecular weight excluding hydrogens is 180 g/mol. The second kappa shape index (κ2) is 5.69. The maximum Gasteiger partial charge on any atom is 0.148 e. The van der Waals surface area contributed by atoms with E-state index in [2.05, 4.69) is 13.8 Å². The Bertz CT molecular complexity index is 157. The zero-order valence-corrected chi connectivity index (χ0v) is 9.53. The monoisotopic (exact) mass is 200 g/mol. The summed E-state index contributed by atoms with van der Waals surface area (Å²) in [5, 5.41) is 0.332. The summed E-state index contributed by atoms with van der Waals surface area (Å²) in [6.07, 6.45) is 5.72. The van der Waals surface area contributed by atoms with E-state index in [9.17, 15) is 4.79 Å². The Balaban J connectivity index is 2.44. The molecule has 0 saturated carbocycles. The Kier molecular flexibility index (Phi) is 4.86. The van der Waals surface area contributed by atoms with Gasteiger partial charge in [0.05, 0.1) is 5.25 Å². The first-order valence-corrected chi connectivity index (χ1v) is 6.49. The van der Waals surface area contributed by atoms with Gasteiger partial charge in [0.15, 0.2) is 0 Å². The van der Waals surface area contributed by atoms with Crippen LogP contribution in [0.25, 0.3) is 0 Å². The van der Waals surface area contributed by atoms with Crippen molar-refractivity contribution in [2.45, 2.75) is 51.2 Å². The third-order valence-electron chi connectivity index (χ3n) is 2.88. The van der Waals surface area contributed by atoms with Gasteiger partial charge in [0.2, 0.25) is 0 Å². The summed E-state index contributed by atoms with van der Waals surface area (Å²) in [6.45, 7) is 4.25. The quantitative estimate of drug-likeness (QED) is 0.693. The Morgan fingerprint density at radius 2 is 2.08 bits per heavy atom. The minimum Gasteiger partial charge on any atom is -0.298 e. The topological polar surface area (TPSA) is 17.1 Å². The fourth-order valence-electron chi connectivity index (χ4n) is 1.92. The van der Waals surface area contributed by atoms with E-state index in [1.54, 1.807) is 0 Å². The average Bonchev–Trinajstić information content (AvgIpc) is 2.21. The first-order valence-electron chi connectivity index (χ1n) is 5.44. The van der Waals surface area contributed by atoms with Crippen molar-refractivity contribution in [1.82, 2.24) is 0 Å². The van der Waals surface area contributed by atoms with Gasteiger partial charge in [-0.05, 0) is 31.4 Å². The largest absolute Gasteiger partial charge is 0.298 e. The van der Waals surface area contributed by atoms with Gasteiger partial charge in [-0.2, -0.15) is 11.8 Å². The van der Waals surface area contributed by atoms with Crippen LogP contribution in [0.15, 0.2) is 0 Å². The molecule has 0 radical (unpaired) electrons. The molecule has 1 unspecified atom stereocenters. The van der Waals surface area contributed by atoms with Gasteiger partial charge in [-0.15, -0.1) is 0 Å². The summed E-state index contributed by atoms with van der Waals surface area (Å²) >= 11 is 1.88. The maximum absolute atomic E-state index is 11.9. The smallest absolute Gasteiger partial charge is 0.148 e. The summed E-state index contributed by atoms with van der Waals surface area (Å²) < 4.78 is 0. The van der Waals surface area contributed by atoms with Crippen molar-refractivity contribution in [3.8, 4) is 0 Å². The number of carbonyl (C=O) groups excluding carboxylic acids is 1. The van der Waals surface area contributed by atoms with Gasteiger partial charge < -0.3 is 0 Å². The lowest BCUT2D eigenvalue weighted by molar-refractivity contribution is -0.122. The van der Waals surface area contributed by atoms with Crippen molar-refractivity contribution in [1.29, 1.82) is 0 Å². The molecule has 1 atom stereocenters. The second-order valence-electron chi connectivity index (χ2n) is 3.77. The molecule has 0 N–H and O–H groups in total. The second-order valence-corrected chi connectivity index (χ2v) is 5.08. The van der Waals surface area contributed by atoms with Crippen molar-refractivity contribution < 1.29 is 4.79 Å². The zero-order chi connectivity index (χ0) is 9.68. The normalized spacial score (nSPS) is 23.5. The molecule has 0 aromatic heterocycles. The van der Waals surface area contributed by atoms with Gasteiger partial charge in [-0.1, -0.05) is 20.3 Å². The number of Topliss-reactive ketones (excluding diaryl/α,β-unsaturated/α-hetero) is 1. The number of rotatable bonds is 4. The lowest BCUT2D eigenvalue weighted by Crippen LogP contribution is -2.27. The number of thioether (sulfide) groups is 1. The van der Waals surface area contributed by atoms with Crippen LogP contribution < -0.4 is 0 Å². The highest BCUT2D eigenvalue weighted by atomic mass is 32.2. The molecule has 0 aromatic carbocycles. The Labute approximate surface area is 85.7 Å². The molecule has 1 aliphatic heterocycles. The minimum absolute atomic E-state index is 0.329. The van der Waals surface area contributed by atoms with Crippen LogP contribution in [0.3, 0.4) is 0 Å². The zero-order valence-electron chi connectivity index (χ0n) is 8.71. The number of hydrogen-bond donors (Lipinski definition) is 0. The summed E-state index contributed by atoms with van der Waals surface area (Å²) in [6, 6.07) is 0. The molecule has 1 saturated heterocycles. The van der Waals surface area contributed by atoms with Crippen LogP contribution in [0.2, 0.25) is 0 Å². The van der Waals surface area contributed by atoms with Crippen LogP contribution in [0.1, 0.15) is 46.0 Å². The van der Waals surface area contributed by atoms with Crippen LogP contribution >= 0.6 is 11.8 Å². The van der Waals surface area contributed by atoms with E-state index in [0.29, 0.717) is 17.0 Å². The van der Waals surface area contributed by atoms with Gasteiger partial charge >= 0.3 is 0 Å². The Hall–Kier alpha value is 0.0200. The van der Waals surface area contributed by atoms with Crippen LogP contribution in [0, 0.1) is 5.92 Å². The van der Waals surface area contributed by atoms with Crippen LogP contribution in [-0.2, 0) is 4.79 Å². The molecule has 0 amide bonds. The summed E-state index contributed by atoms with van der Waals surface area (Å²) in [5.74, 6) is 2.04. The fourth-order valence-corrected chi connectivity index (χ4v) is 3.26. The molecule has 76 valence electrons. The van der Waals surface area contributed by atoms with Gasteiger partial charge in [0, 0.05) is 5.92 Å². The highest BCUT2D eigenvalue weighted by Crippen LogP contribution is 2.29. The number of carbonyl (C=O) groups is 1. The molecule has 1 aliphatic rings. The molecule has 0 spiro atoms. The van der Waals surface area contributed by atoms with Gasteiger partial charge in [-0.3, -0.25) is 4.79 Å². The van der Waals surface area contributed by atoms with E-state index in [1.165, 1.54) is 18.6 Å². The summed E-state index contributed by atoms with van der Waals surface area (Å²) in [5.41, 5.74) is 0. The van der Waals surface area contributed by atoms with E-state index >= 15 is 0 Å². The van der Waals surface area contributed by atoms with Crippen LogP contribution in [-0.4, -0.2) is 16.8 Å². The molecule has 2 heteroatoms. The van der Waals surface area contributed by atoms with Crippen molar-refractivity contribution in [2.75, 3.05) is 5.75 Å². The summed E-state index contributed by atoms with van der Waals surface area (Å²) in [7, 11) is 0. The van der Waals surface area contributed by atoms with E-state index in [4.69, 9.17) is 0 Å². The maximum atomic E-state index is 11.9. The third kappa shape index (κ3) is 3.01. The Morgan fingerprint density at radius 3 is 2.54 bits per heavy atom. The van der Waals surface area contributed by atoms with Crippen molar-refractivity contribution >= 4 is 17.5 Å². The van der Waals surface area contributed by atoms with Crippen molar-refractivity contribution in [3.63, 3.8) is 0 Å². The van der Waals surface area contributed by atoms with Crippen molar-refractivity contribution in [2.24, 2.45) is 5.92 Å². The van der Waals surface area contributed by atoms with E-state index in [-0.39, 0.29) is 0 Å². The third-order valence-corrected chi connectivity index (χ3v) is 4.28. The van der Waals surface area contributed by atoms with Crippen LogP contribution in [0.5, 0.6) is 0 Å². The van der Waals surface area contributed by atoms with E-state index in [0.717, 1.165) is 19.3 Å². The molecule has 0 bridgehead atoms. The number of hydrogen-bond acceptors (Lipinski definition) is 2. The lowest BCUT2D eigenvalue weighted by Gasteiger charge is -2.23. The fraction of sp³-hybridized carbons (Fsp3) is 0.909. The first-order chi connectivity index (χ1) is 6.29. The van der Waals surface area contributed by atoms with Gasteiger partial charge in [0.25, 0.3) is 0 Å². The molecule has 1 heterocycles. The van der Waals surface area contributed by atoms with Crippen LogP contribution in [0.4, 0.5) is 0 Å². The molecular formula is C11H20OS. The molecule has 0 aliphatic carbocycles. The first kappa shape index (κ1) is 11.1. The van der Waals surface area contributed by atoms with Crippen molar-refractivity contribution in [3.05, 3.63) is 0 Å². The number of ketones is 1. The molecule has 0 aromatic rings. The SMILES string of the molecule is CCC(CC)C(=O)C1CCCCS1. The highest BCUT2D eigenvalue weighted by molar-refractivity contribution is 8.00.